The van der Waals surface area contributed by atoms with Gasteiger partial charge in [-0.1, -0.05) is 17.3 Å². The largest absolute Gasteiger partial charge is 0.329 e. The molecule has 1 aliphatic rings. The molecule has 0 unspecified atom stereocenters. The number of aromatic nitrogens is 4. The summed E-state index contributed by atoms with van der Waals surface area (Å²) in [4.78, 5) is 0. The van der Waals surface area contributed by atoms with Crippen molar-refractivity contribution in [1.29, 1.82) is 0 Å². The molecule has 0 amide bonds. The predicted octanol–water partition coefficient (Wildman–Crippen LogP) is 3.01. The van der Waals surface area contributed by atoms with E-state index in [9.17, 15) is 0 Å². The van der Waals surface area contributed by atoms with Gasteiger partial charge in [0.25, 0.3) is 0 Å². The third kappa shape index (κ3) is 1.46. The monoisotopic (exact) mass is 252 g/mol. The van der Waals surface area contributed by atoms with Crippen molar-refractivity contribution in [3.63, 3.8) is 0 Å². The van der Waals surface area contributed by atoms with Gasteiger partial charge in [-0.15, -0.1) is 5.10 Å². The van der Waals surface area contributed by atoms with Gasteiger partial charge in [-0.05, 0) is 49.9 Å². The average molecular weight is 252 g/mol. The van der Waals surface area contributed by atoms with Crippen LogP contribution in [0.25, 0.3) is 11.0 Å². The van der Waals surface area contributed by atoms with Crippen LogP contribution < -0.4 is 0 Å². The van der Waals surface area contributed by atoms with E-state index in [0.717, 1.165) is 23.9 Å². The summed E-state index contributed by atoms with van der Waals surface area (Å²) in [5.74, 6) is 0. The molecule has 0 aliphatic heterocycles. The highest BCUT2D eigenvalue weighted by atomic mass is 15.5. The molecule has 4 rings (SSSR count). The Morgan fingerprint density at radius 1 is 0.947 bits per heavy atom. The Morgan fingerprint density at radius 2 is 1.68 bits per heavy atom. The van der Waals surface area contributed by atoms with Crippen molar-refractivity contribution in [3.8, 4) is 0 Å². The van der Waals surface area contributed by atoms with Crippen LogP contribution in [0.1, 0.15) is 25.7 Å². The van der Waals surface area contributed by atoms with Gasteiger partial charge in [0, 0.05) is 12.4 Å². The first-order valence-electron chi connectivity index (χ1n) is 6.85. The Balaban J connectivity index is 1.97. The van der Waals surface area contributed by atoms with E-state index in [1.54, 1.807) is 0 Å². The lowest BCUT2D eigenvalue weighted by molar-refractivity contribution is 0.214. The Bertz CT molecular complexity index is 690. The maximum absolute atomic E-state index is 4.45. The van der Waals surface area contributed by atoms with E-state index >= 15 is 0 Å². The van der Waals surface area contributed by atoms with Crippen molar-refractivity contribution in [3.05, 3.63) is 48.8 Å². The number of hydrogen-bond acceptors (Lipinski definition) is 2. The molecular weight excluding hydrogens is 236 g/mol. The molecule has 0 atom stereocenters. The highest BCUT2D eigenvalue weighted by Gasteiger charge is 2.39. The fraction of sp³-hybridized carbons (Fsp3) is 0.333. The minimum absolute atomic E-state index is 0.0698. The van der Waals surface area contributed by atoms with Crippen LogP contribution in [0.5, 0.6) is 0 Å². The molecule has 4 nitrogen and oxygen atoms in total. The van der Waals surface area contributed by atoms with Crippen molar-refractivity contribution in [2.24, 2.45) is 0 Å². The van der Waals surface area contributed by atoms with Crippen molar-refractivity contribution in [2.45, 2.75) is 31.3 Å². The molecule has 0 bridgehead atoms. The average Bonchev–Trinajstić information content (AvgIpc) is 3.18. The van der Waals surface area contributed by atoms with Gasteiger partial charge in [0.15, 0.2) is 0 Å². The van der Waals surface area contributed by atoms with E-state index in [-0.39, 0.29) is 5.66 Å². The molecule has 19 heavy (non-hydrogen) atoms. The quantitative estimate of drug-likeness (QED) is 0.703. The normalized spacial score (nSPS) is 18.1. The van der Waals surface area contributed by atoms with Gasteiger partial charge in [-0.25, -0.2) is 4.68 Å². The number of benzene rings is 1. The summed E-state index contributed by atoms with van der Waals surface area (Å²) in [6, 6.07) is 12.4. The van der Waals surface area contributed by atoms with E-state index in [0.29, 0.717) is 0 Å². The van der Waals surface area contributed by atoms with Crippen LogP contribution in [-0.4, -0.2) is 19.6 Å². The van der Waals surface area contributed by atoms with Crippen LogP contribution in [-0.2, 0) is 5.66 Å². The molecule has 2 aromatic heterocycles. The van der Waals surface area contributed by atoms with Crippen molar-refractivity contribution in [1.82, 2.24) is 19.6 Å². The topological polar surface area (TPSA) is 35.6 Å². The zero-order valence-corrected chi connectivity index (χ0v) is 10.7. The number of hydrogen-bond donors (Lipinski definition) is 0. The van der Waals surface area contributed by atoms with Gasteiger partial charge in [-0.3, -0.25) is 0 Å². The third-order valence-electron chi connectivity index (χ3n) is 4.24. The molecule has 0 N–H and O–H groups in total. The van der Waals surface area contributed by atoms with Crippen molar-refractivity contribution >= 4 is 11.0 Å². The minimum Gasteiger partial charge on any atom is -0.329 e. The summed E-state index contributed by atoms with van der Waals surface area (Å²) in [6.07, 6.45) is 9.01. The van der Waals surface area contributed by atoms with Crippen LogP contribution in [0, 0.1) is 0 Å². The van der Waals surface area contributed by atoms with Crippen LogP contribution in [0.4, 0.5) is 0 Å². The lowest BCUT2D eigenvalue weighted by Gasteiger charge is -2.31. The van der Waals surface area contributed by atoms with Crippen molar-refractivity contribution < 1.29 is 0 Å². The molecular formula is C15H16N4. The lowest BCUT2D eigenvalue weighted by Crippen LogP contribution is -2.38. The molecule has 0 radical (unpaired) electrons. The third-order valence-corrected chi connectivity index (χ3v) is 4.24. The van der Waals surface area contributed by atoms with Gasteiger partial charge < -0.3 is 4.57 Å². The van der Waals surface area contributed by atoms with E-state index < -0.39 is 0 Å². The standard InChI is InChI=1S/C15H16N4/c1-2-8-14-13(7-1)16-17-19(14)15(9-3-4-10-15)18-11-5-6-12-18/h1-2,5-8,11-12H,3-4,9-10H2. The molecule has 1 fully saturated rings. The first-order valence-corrected chi connectivity index (χ1v) is 6.85. The summed E-state index contributed by atoms with van der Waals surface area (Å²) in [5.41, 5.74) is 2.03. The Morgan fingerprint density at radius 3 is 2.47 bits per heavy atom. The van der Waals surface area contributed by atoms with Crippen LogP contribution in [0.2, 0.25) is 0 Å². The highest BCUT2D eigenvalue weighted by molar-refractivity contribution is 5.74. The molecule has 1 aromatic carbocycles. The molecule has 3 aromatic rings. The maximum atomic E-state index is 4.45. The number of para-hydroxylation sites is 1. The van der Waals surface area contributed by atoms with Crippen LogP contribution in [0.15, 0.2) is 48.8 Å². The number of rotatable bonds is 2. The molecule has 4 heteroatoms. The first-order chi connectivity index (χ1) is 9.40. The second-order valence-electron chi connectivity index (χ2n) is 5.27. The van der Waals surface area contributed by atoms with Gasteiger partial charge in [-0.2, -0.15) is 0 Å². The second kappa shape index (κ2) is 3.95. The molecule has 0 saturated heterocycles. The van der Waals surface area contributed by atoms with Gasteiger partial charge >= 0.3 is 0 Å². The summed E-state index contributed by atoms with van der Waals surface area (Å²) in [5, 5.41) is 8.77. The number of nitrogens with zero attached hydrogens (tertiary/aromatic N) is 4. The maximum Gasteiger partial charge on any atom is 0.139 e. The smallest absolute Gasteiger partial charge is 0.139 e. The summed E-state index contributed by atoms with van der Waals surface area (Å²) >= 11 is 0. The SMILES string of the molecule is c1ccc2c(c1)nnn2C1(n2cccc2)CCCC1. The molecule has 1 saturated carbocycles. The minimum atomic E-state index is -0.0698. The Kier molecular flexibility index (Phi) is 2.24. The van der Waals surface area contributed by atoms with Crippen LogP contribution in [0.3, 0.4) is 0 Å². The molecule has 96 valence electrons. The summed E-state index contributed by atoms with van der Waals surface area (Å²) < 4.78 is 4.41. The van der Waals surface area contributed by atoms with E-state index in [1.165, 1.54) is 12.8 Å². The second-order valence-corrected chi connectivity index (χ2v) is 5.27. The van der Waals surface area contributed by atoms with E-state index in [1.807, 2.05) is 12.1 Å². The lowest BCUT2D eigenvalue weighted by atomic mass is 10.1. The van der Waals surface area contributed by atoms with Gasteiger partial charge in [0.1, 0.15) is 11.2 Å². The molecule has 1 aliphatic carbocycles. The molecule has 2 heterocycles. The summed E-state index contributed by atoms with van der Waals surface area (Å²) in [7, 11) is 0. The fourth-order valence-corrected chi connectivity index (χ4v) is 3.31. The highest BCUT2D eigenvalue weighted by Crippen LogP contribution is 2.39. The van der Waals surface area contributed by atoms with Crippen LogP contribution >= 0.6 is 0 Å². The van der Waals surface area contributed by atoms with E-state index in [2.05, 4.69) is 56.2 Å². The van der Waals surface area contributed by atoms with E-state index in [4.69, 9.17) is 0 Å². The fourth-order valence-electron chi connectivity index (χ4n) is 3.31. The predicted molar refractivity (Wildman–Crippen MR) is 73.8 cm³/mol. The van der Waals surface area contributed by atoms with Crippen molar-refractivity contribution in [2.75, 3.05) is 0 Å². The Labute approximate surface area is 111 Å². The zero-order valence-electron chi connectivity index (χ0n) is 10.7. The van der Waals surface area contributed by atoms with Gasteiger partial charge in [0.2, 0.25) is 0 Å². The Hall–Kier alpha value is -2.10. The zero-order chi connectivity index (χ0) is 12.7. The first kappa shape index (κ1) is 10.8. The summed E-state index contributed by atoms with van der Waals surface area (Å²) in [6.45, 7) is 0. The number of fused-ring (bicyclic) bond motifs is 1. The van der Waals surface area contributed by atoms with Gasteiger partial charge in [0.05, 0.1) is 5.52 Å². The molecule has 0 spiro atoms.